The van der Waals surface area contributed by atoms with Gasteiger partial charge in [-0.1, -0.05) is 126 Å². The Morgan fingerprint density at radius 1 is 0.414 bits per heavy atom. The van der Waals surface area contributed by atoms with Gasteiger partial charge >= 0.3 is 0 Å². The lowest BCUT2D eigenvalue weighted by Gasteiger charge is -2.29. The lowest BCUT2D eigenvalue weighted by Crippen LogP contribution is -2.25. The predicted molar refractivity (Wildman–Crippen MR) is 294 cm³/mol. The molecule has 0 atom stereocenters. The van der Waals surface area contributed by atoms with Gasteiger partial charge in [0.1, 0.15) is 24.0 Å². The van der Waals surface area contributed by atoms with Crippen molar-refractivity contribution in [3.05, 3.63) is 210 Å². The number of anilines is 4. The van der Waals surface area contributed by atoms with Crippen molar-refractivity contribution >= 4 is 66.4 Å². The normalized spacial score (nSPS) is 13.0. The summed E-state index contributed by atoms with van der Waals surface area (Å²) in [5, 5.41) is 4.84. The van der Waals surface area contributed by atoms with Crippen LogP contribution in [0.15, 0.2) is 188 Å². The number of aromatic nitrogens is 3. The van der Waals surface area contributed by atoms with Gasteiger partial charge in [0.05, 0.1) is 33.4 Å². The van der Waals surface area contributed by atoms with Crippen LogP contribution in [0.1, 0.15) is 63.8 Å². The second-order valence-electron chi connectivity index (χ2n) is 21.1. The molecule has 0 unspecified atom stereocenters. The van der Waals surface area contributed by atoms with Crippen molar-refractivity contribution in [2.24, 2.45) is 0 Å². The number of benzene rings is 8. The summed E-state index contributed by atoms with van der Waals surface area (Å²) in [6.07, 6.45) is 2.04. The van der Waals surface area contributed by atoms with Crippen molar-refractivity contribution in [1.82, 2.24) is 14.1 Å². The summed E-state index contributed by atoms with van der Waals surface area (Å²) in [5.41, 5.74) is 17.7. The molecule has 0 N–H and O–H groups in total. The van der Waals surface area contributed by atoms with Crippen LogP contribution < -0.4 is 14.5 Å². The highest BCUT2D eigenvalue weighted by molar-refractivity contribution is 6.10. The Kier molecular flexibility index (Phi) is 10.0. The van der Waals surface area contributed by atoms with Gasteiger partial charge in [0, 0.05) is 62.5 Å². The van der Waals surface area contributed by atoms with Gasteiger partial charge in [-0.25, -0.2) is 4.98 Å². The summed E-state index contributed by atoms with van der Waals surface area (Å²) in [6, 6.07) is 65.7. The van der Waals surface area contributed by atoms with Gasteiger partial charge in [-0.3, -0.25) is 4.57 Å². The third kappa shape index (κ3) is 7.29. The summed E-state index contributed by atoms with van der Waals surface area (Å²) in [5.74, 6) is 2.40. The summed E-state index contributed by atoms with van der Waals surface area (Å²) in [4.78, 5) is 10.1. The summed E-state index contributed by atoms with van der Waals surface area (Å²) in [6.45, 7) is 18.9. The zero-order chi connectivity index (χ0) is 48.1. The van der Waals surface area contributed by atoms with Crippen molar-refractivity contribution < 1.29 is 4.74 Å². The molecule has 11 aromatic rings. The number of ether oxygens (including phenoxy) is 1. The minimum atomic E-state index is 0.0159. The molecule has 0 saturated heterocycles. The summed E-state index contributed by atoms with van der Waals surface area (Å²) >= 11 is 0. The maximum atomic E-state index is 6.80. The molecule has 3 aromatic heterocycles. The van der Waals surface area contributed by atoms with Gasteiger partial charge < -0.3 is 19.1 Å². The first kappa shape index (κ1) is 43.2. The maximum absolute atomic E-state index is 6.80. The minimum Gasteiger partial charge on any atom is -0.457 e. The fourth-order valence-electron chi connectivity index (χ4n) is 10.6. The second kappa shape index (κ2) is 16.3. The van der Waals surface area contributed by atoms with Crippen LogP contribution in [0.3, 0.4) is 0 Å². The zero-order valence-corrected chi connectivity index (χ0v) is 41.2. The van der Waals surface area contributed by atoms with E-state index in [-0.39, 0.29) is 10.8 Å². The van der Waals surface area contributed by atoms with E-state index in [1.165, 1.54) is 66.5 Å². The lowest BCUT2D eigenvalue weighted by atomic mass is 9.80. The first-order valence-electron chi connectivity index (χ1n) is 24.5. The first-order valence-corrected chi connectivity index (χ1v) is 24.5. The van der Waals surface area contributed by atoms with Gasteiger partial charge in [0.15, 0.2) is 0 Å². The molecule has 0 bridgehead atoms. The lowest BCUT2D eigenvalue weighted by molar-refractivity contribution is 0.483. The molecule has 6 heteroatoms. The molecule has 0 amide bonds. The fourth-order valence-corrected chi connectivity index (χ4v) is 10.6. The number of fused-ring (bicyclic) bond motifs is 7. The average Bonchev–Trinajstić information content (AvgIpc) is 4.02. The van der Waals surface area contributed by atoms with E-state index < -0.39 is 0 Å². The molecule has 0 spiro atoms. The van der Waals surface area contributed by atoms with Gasteiger partial charge in [0.25, 0.3) is 0 Å². The van der Waals surface area contributed by atoms with Gasteiger partial charge in [0.2, 0.25) is 0 Å². The molecular formula is C64H57N5O. The van der Waals surface area contributed by atoms with Crippen LogP contribution in [0, 0.1) is 13.8 Å². The standard InChI is InChI=1S/C64H57N5O/c1-41-32-46(68-56-23-12-9-20-51(56)52-21-10-13-24-57(52)68)28-30-50(41)55-39-65-62(33-42(55)2)69-58-25-14-11-22-53(58)54-31-29-49(38-61(54)69)70-48-19-17-18-45(37-48)66-40-67(60-27-16-15-26-59(60)66)47-35-43(63(3,4)5)34-44(36-47)64(6,7)8/h9-39H,40H2,1-8H3. The predicted octanol–water partition coefficient (Wildman–Crippen LogP) is 17.2. The average molecular weight is 912 g/mol. The Morgan fingerprint density at radius 3 is 1.56 bits per heavy atom. The van der Waals surface area contributed by atoms with Gasteiger partial charge in [-0.2, -0.15) is 0 Å². The first-order chi connectivity index (χ1) is 33.8. The maximum Gasteiger partial charge on any atom is 0.137 e. The van der Waals surface area contributed by atoms with E-state index >= 15 is 0 Å². The van der Waals surface area contributed by atoms with E-state index in [9.17, 15) is 0 Å². The van der Waals surface area contributed by atoms with Crippen LogP contribution >= 0.6 is 0 Å². The Morgan fingerprint density at radius 2 is 0.957 bits per heavy atom. The molecule has 70 heavy (non-hydrogen) atoms. The Hall–Kier alpha value is -8.09. The Balaban J connectivity index is 0.865. The third-order valence-corrected chi connectivity index (χ3v) is 14.4. The molecule has 0 aliphatic carbocycles. The SMILES string of the molecule is Cc1cc(-n2c3ccccc3c3ccccc32)ccc1-c1cnc(-n2c3ccccc3c3ccc(Oc4cccc(N5CN(c6cc(C(C)(C)C)cc(C(C)(C)C)c6)c6ccccc65)c4)cc32)cc1C. The minimum absolute atomic E-state index is 0.0159. The third-order valence-electron chi connectivity index (χ3n) is 14.4. The van der Waals surface area contributed by atoms with Gasteiger partial charge in [-0.15, -0.1) is 0 Å². The summed E-state index contributed by atoms with van der Waals surface area (Å²) in [7, 11) is 0. The van der Waals surface area contributed by atoms with Crippen LogP contribution in [0.5, 0.6) is 11.5 Å². The molecule has 6 nitrogen and oxygen atoms in total. The van der Waals surface area contributed by atoms with Crippen molar-refractivity contribution in [3.8, 4) is 34.1 Å². The Bertz CT molecular complexity index is 3770. The number of para-hydroxylation sites is 5. The van der Waals surface area contributed by atoms with E-state index in [1.807, 2.05) is 12.3 Å². The molecule has 0 radical (unpaired) electrons. The van der Waals surface area contributed by atoms with E-state index in [0.717, 1.165) is 56.2 Å². The molecule has 4 heterocycles. The quantitative estimate of drug-likeness (QED) is 0.160. The van der Waals surface area contributed by atoms with Crippen LogP contribution in [-0.2, 0) is 10.8 Å². The Labute approximate surface area is 410 Å². The topological polar surface area (TPSA) is 38.5 Å². The zero-order valence-electron chi connectivity index (χ0n) is 41.2. The number of pyridine rings is 1. The largest absolute Gasteiger partial charge is 0.457 e. The highest BCUT2D eigenvalue weighted by atomic mass is 16.5. The van der Waals surface area contributed by atoms with Crippen molar-refractivity contribution in [1.29, 1.82) is 0 Å². The van der Waals surface area contributed by atoms with Gasteiger partial charge in [-0.05, 0) is 137 Å². The molecule has 8 aromatic carbocycles. The summed E-state index contributed by atoms with van der Waals surface area (Å²) < 4.78 is 11.5. The van der Waals surface area contributed by atoms with Crippen LogP contribution in [0.2, 0.25) is 0 Å². The van der Waals surface area contributed by atoms with E-state index in [1.54, 1.807) is 0 Å². The van der Waals surface area contributed by atoms with Crippen molar-refractivity contribution in [3.63, 3.8) is 0 Å². The monoisotopic (exact) mass is 911 g/mol. The number of nitrogens with zero attached hydrogens (tertiary/aromatic N) is 5. The molecule has 344 valence electrons. The molecule has 0 saturated carbocycles. The van der Waals surface area contributed by atoms with E-state index in [4.69, 9.17) is 9.72 Å². The molecule has 0 fully saturated rings. The van der Waals surface area contributed by atoms with Crippen LogP contribution in [-0.4, -0.2) is 20.8 Å². The number of hydrogen-bond donors (Lipinski definition) is 0. The van der Waals surface area contributed by atoms with Crippen molar-refractivity contribution in [2.75, 3.05) is 16.5 Å². The molecule has 1 aliphatic heterocycles. The number of hydrogen-bond acceptors (Lipinski definition) is 4. The number of aryl methyl sites for hydroxylation is 2. The van der Waals surface area contributed by atoms with Crippen molar-refractivity contribution in [2.45, 2.75) is 66.2 Å². The smallest absolute Gasteiger partial charge is 0.137 e. The van der Waals surface area contributed by atoms with Crippen LogP contribution in [0.4, 0.5) is 22.7 Å². The number of rotatable bonds is 7. The molecular weight excluding hydrogens is 855 g/mol. The highest BCUT2D eigenvalue weighted by Gasteiger charge is 2.30. The van der Waals surface area contributed by atoms with E-state index in [0.29, 0.717) is 6.67 Å². The molecule has 1 aliphatic rings. The fraction of sp³-hybridized carbons (Fsp3) is 0.172. The highest BCUT2D eigenvalue weighted by Crippen LogP contribution is 2.47. The second-order valence-corrected chi connectivity index (χ2v) is 21.1. The van der Waals surface area contributed by atoms with Crippen LogP contribution in [0.25, 0.3) is 66.2 Å². The molecule has 12 rings (SSSR count). The van der Waals surface area contributed by atoms with E-state index in [2.05, 4.69) is 250 Å².